The van der Waals surface area contributed by atoms with Crippen molar-refractivity contribution in [2.45, 2.75) is 31.2 Å². The number of carbonyl (C=O) groups excluding carboxylic acids is 1. The molecule has 2 aromatic carbocycles. The Morgan fingerprint density at radius 3 is 2.59 bits per heavy atom. The van der Waals surface area contributed by atoms with Gasteiger partial charge in [0.25, 0.3) is 0 Å². The lowest BCUT2D eigenvalue weighted by molar-refractivity contribution is -0.123. The first-order valence-corrected chi connectivity index (χ1v) is 8.18. The summed E-state index contributed by atoms with van der Waals surface area (Å²) in [5.41, 5.74) is 1.55. The molecule has 2 aromatic rings. The lowest BCUT2D eigenvalue weighted by atomic mass is 9.71. The Hall–Kier alpha value is -1.68. The molecule has 0 spiro atoms. The van der Waals surface area contributed by atoms with Gasteiger partial charge in [-0.05, 0) is 54.7 Å². The van der Waals surface area contributed by atoms with E-state index < -0.39 is 0 Å². The number of rotatable bonds is 4. The summed E-state index contributed by atoms with van der Waals surface area (Å²) in [6, 6.07) is 14.3. The molecule has 1 amide bonds. The van der Waals surface area contributed by atoms with Crippen LogP contribution < -0.4 is 5.32 Å². The first kappa shape index (κ1) is 15.2. The van der Waals surface area contributed by atoms with Crippen molar-refractivity contribution >= 4 is 21.8 Å². The standard InChI is InChI=1S/C18H17BrFNO/c19-15-6-2-5-14(12-15)18(8-3-9-18)21-17(22)11-13-4-1-7-16(20)10-13/h1-2,4-7,10,12H,3,8-9,11H2,(H,21,22). The third-order valence-corrected chi connectivity index (χ3v) is 4.71. The summed E-state index contributed by atoms with van der Waals surface area (Å²) in [6.07, 6.45) is 3.19. The van der Waals surface area contributed by atoms with Crippen LogP contribution in [0.25, 0.3) is 0 Å². The van der Waals surface area contributed by atoms with Crippen LogP contribution >= 0.6 is 15.9 Å². The van der Waals surface area contributed by atoms with Crippen molar-refractivity contribution in [3.63, 3.8) is 0 Å². The second-order valence-electron chi connectivity index (χ2n) is 5.80. The van der Waals surface area contributed by atoms with E-state index in [1.54, 1.807) is 12.1 Å². The molecular formula is C18H17BrFNO. The molecule has 0 atom stereocenters. The van der Waals surface area contributed by atoms with E-state index in [1.807, 2.05) is 18.2 Å². The SMILES string of the molecule is O=C(Cc1cccc(F)c1)NC1(c2cccc(Br)c2)CCC1. The maximum absolute atomic E-state index is 13.2. The molecule has 1 N–H and O–H groups in total. The normalized spacial score (nSPS) is 15.9. The van der Waals surface area contributed by atoms with E-state index in [0.29, 0.717) is 5.56 Å². The van der Waals surface area contributed by atoms with Crippen LogP contribution in [0.1, 0.15) is 30.4 Å². The van der Waals surface area contributed by atoms with Crippen molar-refractivity contribution in [2.75, 3.05) is 0 Å². The van der Waals surface area contributed by atoms with Gasteiger partial charge in [-0.3, -0.25) is 4.79 Å². The monoisotopic (exact) mass is 361 g/mol. The third kappa shape index (κ3) is 3.22. The zero-order valence-electron chi connectivity index (χ0n) is 12.1. The summed E-state index contributed by atoms with van der Waals surface area (Å²) in [5, 5.41) is 3.16. The molecule has 3 rings (SSSR count). The Labute approximate surface area is 137 Å². The summed E-state index contributed by atoms with van der Waals surface area (Å²) in [5.74, 6) is -0.374. The molecule has 1 aliphatic rings. The fourth-order valence-corrected chi connectivity index (χ4v) is 3.34. The minimum atomic E-state index is -0.310. The van der Waals surface area contributed by atoms with Gasteiger partial charge in [0.15, 0.2) is 0 Å². The average molecular weight is 362 g/mol. The van der Waals surface area contributed by atoms with E-state index in [-0.39, 0.29) is 23.7 Å². The number of nitrogens with one attached hydrogen (secondary N) is 1. The molecule has 0 aromatic heterocycles. The molecule has 0 unspecified atom stereocenters. The average Bonchev–Trinajstić information content (AvgIpc) is 2.43. The first-order chi connectivity index (χ1) is 10.6. The number of amides is 1. The molecule has 1 saturated carbocycles. The van der Waals surface area contributed by atoms with E-state index in [4.69, 9.17) is 0 Å². The fraction of sp³-hybridized carbons (Fsp3) is 0.278. The molecule has 0 saturated heterocycles. The summed E-state index contributed by atoms with van der Waals surface area (Å²) in [4.78, 5) is 12.3. The molecule has 2 nitrogen and oxygen atoms in total. The van der Waals surface area contributed by atoms with Gasteiger partial charge in [-0.15, -0.1) is 0 Å². The molecule has 0 aliphatic heterocycles. The number of hydrogen-bond donors (Lipinski definition) is 1. The summed E-state index contributed by atoms with van der Waals surface area (Å²) >= 11 is 3.48. The zero-order chi connectivity index (χ0) is 15.6. The van der Waals surface area contributed by atoms with E-state index in [0.717, 1.165) is 29.3 Å². The van der Waals surface area contributed by atoms with Gasteiger partial charge >= 0.3 is 0 Å². The van der Waals surface area contributed by atoms with Crippen molar-refractivity contribution < 1.29 is 9.18 Å². The van der Waals surface area contributed by atoms with Gasteiger partial charge < -0.3 is 5.32 Å². The Morgan fingerprint density at radius 2 is 1.95 bits per heavy atom. The summed E-state index contributed by atoms with van der Waals surface area (Å²) in [7, 11) is 0. The van der Waals surface area contributed by atoms with Gasteiger partial charge in [0.05, 0.1) is 12.0 Å². The Kier molecular flexibility index (Phi) is 4.30. The molecule has 0 bridgehead atoms. The van der Waals surface area contributed by atoms with Gasteiger partial charge in [-0.1, -0.05) is 40.2 Å². The van der Waals surface area contributed by atoms with Crippen LogP contribution in [0.4, 0.5) is 4.39 Å². The van der Waals surface area contributed by atoms with Gasteiger partial charge in [-0.25, -0.2) is 4.39 Å². The van der Waals surface area contributed by atoms with Gasteiger partial charge in [-0.2, -0.15) is 0 Å². The van der Waals surface area contributed by atoms with Crippen LogP contribution in [0, 0.1) is 5.82 Å². The van der Waals surface area contributed by atoms with Crippen LogP contribution in [0.2, 0.25) is 0 Å². The highest BCUT2D eigenvalue weighted by Gasteiger charge is 2.39. The number of halogens is 2. The second-order valence-corrected chi connectivity index (χ2v) is 6.72. The van der Waals surface area contributed by atoms with Crippen LogP contribution in [0.15, 0.2) is 53.0 Å². The highest BCUT2D eigenvalue weighted by Crippen LogP contribution is 2.41. The van der Waals surface area contributed by atoms with E-state index in [2.05, 4.69) is 27.3 Å². The lowest BCUT2D eigenvalue weighted by Gasteiger charge is -2.43. The molecule has 0 radical (unpaired) electrons. The van der Waals surface area contributed by atoms with Gasteiger partial charge in [0, 0.05) is 4.47 Å². The third-order valence-electron chi connectivity index (χ3n) is 4.22. The predicted molar refractivity (Wildman–Crippen MR) is 87.9 cm³/mol. The second kappa shape index (κ2) is 6.21. The van der Waals surface area contributed by atoms with E-state index in [1.165, 1.54) is 12.1 Å². The van der Waals surface area contributed by atoms with Crippen molar-refractivity contribution in [3.8, 4) is 0 Å². The van der Waals surface area contributed by atoms with Crippen LogP contribution in [0.3, 0.4) is 0 Å². The Morgan fingerprint density at radius 1 is 1.18 bits per heavy atom. The molecule has 1 aliphatic carbocycles. The summed E-state index contributed by atoms with van der Waals surface area (Å²) in [6.45, 7) is 0. The van der Waals surface area contributed by atoms with E-state index in [9.17, 15) is 9.18 Å². The van der Waals surface area contributed by atoms with Gasteiger partial charge in [0.2, 0.25) is 5.91 Å². The first-order valence-electron chi connectivity index (χ1n) is 7.39. The number of benzene rings is 2. The number of carbonyl (C=O) groups is 1. The lowest BCUT2D eigenvalue weighted by Crippen LogP contribution is -2.51. The minimum absolute atomic E-state index is 0.0646. The van der Waals surface area contributed by atoms with Crippen molar-refractivity contribution in [1.29, 1.82) is 0 Å². The largest absolute Gasteiger partial charge is 0.346 e. The highest BCUT2D eigenvalue weighted by atomic mass is 79.9. The van der Waals surface area contributed by atoms with Crippen molar-refractivity contribution in [3.05, 3.63) is 69.9 Å². The van der Waals surface area contributed by atoms with Crippen LogP contribution in [-0.4, -0.2) is 5.91 Å². The molecule has 22 heavy (non-hydrogen) atoms. The molecule has 4 heteroatoms. The zero-order valence-corrected chi connectivity index (χ0v) is 13.7. The molecule has 114 valence electrons. The Bertz CT molecular complexity index is 697. The highest BCUT2D eigenvalue weighted by molar-refractivity contribution is 9.10. The summed E-state index contributed by atoms with van der Waals surface area (Å²) < 4.78 is 14.2. The predicted octanol–water partition coefficient (Wildman–Crippen LogP) is 4.33. The van der Waals surface area contributed by atoms with Crippen LogP contribution in [-0.2, 0) is 16.8 Å². The van der Waals surface area contributed by atoms with Crippen molar-refractivity contribution in [2.24, 2.45) is 0 Å². The van der Waals surface area contributed by atoms with Crippen LogP contribution in [0.5, 0.6) is 0 Å². The smallest absolute Gasteiger partial charge is 0.225 e. The molecule has 0 heterocycles. The Balaban J connectivity index is 1.74. The minimum Gasteiger partial charge on any atom is -0.346 e. The molecule has 1 fully saturated rings. The molecular weight excluding hydrogens is 345 g/mol. The van der Waals surface area contributed by atoms with E-state index >= 15 is 0 Å². The maximum Gasteiger partial charge on any atom is 0.225 e. The van der Waals surface area contributed by atoms with Gasteiger partial charge in [0.1, 0.15) is 5.82 Å². The fourth-order valence-electron chi connectivity index (χ4n) is 2.95. The quantitative estimate of drug-likeness (QED) is 0.862. The topological polar surface area (TPSA) is 29.1 Å². The maximum atomic E-state index is 13.2. The number of hydrogen-bond acceptors (Lipinski definition) is 1. The van der Waals surface area contributed by atoms with Crippen molar-refractivity contribution in [1.82, 2.24) is 5.32 Å².